The molecule has 0 rings (SSSR count). The molecule has 5 heteroatoms. The number of alkyl halides is 3. The summed E-state index contributed by atoms with van der Waals surface area (Å²) < 4.78 is 34.6. The van der Waals surface area contributed by atoms with Crippen molar-refractivity contribution in [1.82, 2.24) is 0 Å². The van der Waals surface area contributed by atoms with Crippen molar-refractivity contribution in [3.05, 3.63) is 0 Å². The van der Waals surface area contributed by atoms with Crippen molar-refractivity contribution in [2.75, 3.05) is 0 Å². The molecule has 0 fully saturated rings. The van der Waals surface area contributed by atoms with Crippen molar-refractivity contribution in [3.8, 4) is 0 Å². The van der Waals surface area contributed by atoms with E-state index in [1.807, 2.05) is 0 Å². The second kappa shape index (κ2) is 2.90. The Labute approximate surface area is 55.7 Å². The topological polar surface area (TPSA) is 40.1 Å². The molecule has 0 N–H and O–H groups in total. The van der Waals surface area contributed by atoms with Crippen LogP contribution in [0, 0.1) is 5.92 Å². The van der Waals surface area contributed by atoms with Gasteiger partial charge in [-0.05, 0) is 6.42 Å². The first-order valence-electron chi connectivity index (χ1n) is 2.60. The second-order valence-electron chi connectivity index (χ2n) is 2.02. The van der Waals surface area contributed by atoms with Gasteiger partial charge in [0.25, 0.3) is 0 Å². The Hall–Kier alpha value is -0.740. The minimum absolute atomic E-state index is 0.801. The van der Waals surface area contributed by atoms with Crippen LogP contribution in [-0.2, 0) is 4.79 Å². The van der Waals surface area contributed by atoms with Gasteiger partial charge in [-0.1, -0.05) is 6.92 Å². The molecule has 0 saturated carbocycles. The van der Waals surface area contributed by atoms with E-state index in [0.717, 1.165) is 6.92 Å². The van der Waals surface area contributed by atoms with E-state index in [4.69, 9.17) is 0 Å². The highest BCUT2D eigenvalue weighted by atomic mass is 19.4. The van der Waals surface area contributed by atoms with Gasteiger partial charge in [-0.25, -0.2) is 0 Å². The van der Waals surface area contributed by atoms with Crippen molar-refractivity contribution >= 4 is 5.97 Å². The summed E-state index contributed by atoms with van der Waals surface area (Å²) in [5, 5.41) is 9.65. The van der Waals surface area contributed by atoms with Crippen LogP contribution in [0.5, 0.6) is 0 Å². The Morgan fingerprint density at radius 3 is 2.10 bits per heavy atom. The zero-order valence-corrected chi connectivity index (χ0v) is 5.23. The summed E-state index contributed by atoms with van der Waals surface area (Å²) >= 11 is 0. The third-order valence-electron chi connectivity index (χ3n) is 1.03. The second-order valence-corrected chi connectivity index (χ2v) is 2.02. The first kappa shape index (κ1) is 9.26. The first-order chi connectivity index (χ1) is 4.34. The fraction of sp³-hybridized carbons (Fsp3) is 0.800. The van der Waals surface area contributed by atoms with Crippen molar-refractivity contribution in [3.63, 3.8) is 0 Å². The van der Waals surface area contributed by atoms with Crippen LogP contribution >= 0.6 is 0 Å². The lowest BCUT2D eigenvalue weighted by Gasteiger charge is -2.15. The molecule has 0 saturated heterocycles. The number of halogens is 3. The zero-order valence-electron chi connectivity index (χ0n) is 5.23. The summed E-state index contributed by atoms with van der Waals surface area (Å²) in [6, 6.07) is 0. The average Bonchev–Trinajstić information content (AvgIpc) is 1.60. The van der Waals surface area contributed by atoms with E-state index >= 15 is 0 Å². The molecule has 0 bridgehead atoms. The number of carbonyl (C=O) groups is 1. The molecule has 0 aliphatic carbocycles. The van der Waals surface area contributed by atoms with Gasteiger partial charge in [0.15, 0.2) is 0 Å². The SMILES string of the molecule is CC(CC(=O)[O-])C(F)(F)F. The lowest BCUT2D eigenvalue weighted by atomic mass is 10.1. The monoisotopic (exact) mass is 155 g/mol. The van der Waals surface area contributed by atoms with E-state index in [0.29, 0.717) is 0 Å². The van der Waals surface area contributed by atoms with Crippen LogP contribution in [0.3, 0.4) is 0 Å². The molecule has 0 aromatic carbocycles. The van der Waals surface area contributed by atoms with Gasteiger partial charge in [-0.2, -0.15) is 13.2 Å². The third-order valence-corrected chi connectivity index (χ3v) is 1.03. The van der Waals surface area contributed by atoms with Crippen LogP contribution < -0.4 is 5.11 Å². The highest BCUT2D eigenvalue weighted by Crippen LogP contribution is 2.27. The number of carboxylic acids is 1. The van der Waals surface area contributed by atoms with Crippen molar-refractivity contribution in [2.45, 2.75) is 19.5 Å². The molecule has 0 aliphatic heterocycles. The lowest BCUT2D eigenvalue weighted by Crippen LogP contribution is -2.30. The van der Waals surface area contributed by atoms with E-state index in [9.17, 15) is 23.1 Å². The summed E-state index contributed by atoms with van der Waals surface area (Å²) in [7, 11) is 0. The molecule has 0 aromatic heterocycles. The van der Waals surface area contributed by atoms with Gasteiger partial charge in [0, 0.05) is 5.97 Å². The molecule has 0 radical (unpaired) electrons. The molecule has 0 spiro atoms. The van der Waals surface area contributed by atoms with Crippen molar-refractivity contribution < 1.29 is 23.1 Å². The predicted molar refractivity (Wildman–Crippen MR) is 24.8 cm³/mol. The maximum atomic E-state index is 11.5. The van der Waals surface area contributed by atoms with E-state index in [-0.39, 0.29) is 0 Å². The quantitative estimate of drug-likeness (QED) is 0.576. The maximum absolute atomic E-state index is 11.5. The number of hydrogen-bond acceptors (Lipinski definition) is 2. The molecule has 1 atom stereocenters. The van der Waals surface area contributed by atoms with E-state index in [1.54, 1.807) is 0 Å². The van der Waals surface area contributed by atoms with Gasteiger partial charge in [-0.3, -0.25) is 0 Å². The minimum atomic E-state index is -4.43. The average molecular weight is 155 g/mol. The van der Waals surface area contributed by atoms with Crippen LogP contribution in [0.1, 0.15) is 13.3 Å². The molecule has 2 nitrogen and oxygen atoms in total. The van der Waals surface area contributed by atoms with Crippen LogP contribution in [0.4, 0.5) is 13.2 Å². The fourth-order valence-corrected chi connectivity index (χ4v) is 0.366. The molecule has 0 aromatic rings. The van der Waals surface area contributed by atoms with Crippen molar-refractivity contribution in [1.29, 1.82) is 0 Å². The van der Waals surface area contributed by atoms with E-state index in [1.165, 1.54) is 0 Å². The normalized spacial score (nSPS) is 14.8. The smallest absolute Gasteiger partial charge is 0.391 e. The summed E-state index contributed by atoms with van der Waals surface area (Å²) in [6.45, 7) is 0.801. The van der Waals surface area contributed by atoms with Gasteiger partial charge in [0.1, 0.15) is 0 Å². The maximum Gasteiger partial charge on any atom is 0.391 e. The summed E-state index contributed by atoms with van der Waals surface area (Å²) in [5.74, 6) is -3.50. The van der Waals surface area contributed by atoms with Gasteiger partial charge in [0.2, 0.25) is 0 Å². The van der Waals surface area contributed by atoms with Gasteiger partial charge in [-0.15, -0.1) is 0 Å². The Morgan fingerprint density at radius 1 is 1.60 bits per heavy atom. The van der Waals surface area contributed by atoms with Crippen LogP contribution in [0.15, 0.2) is 0 Å². The number of hydrogen-bond donors (Lipinski definition) is 0. The lowest BCUT2D eigenvalue weighted by molar-refractivity contribution is -0.310. The summed E-state index contributed by atoms with van der Waals surface area (Å²) in [6.07, 6.45) is -5.40. The minimum Gasteiger partial charge on any atom is -0.550 e. The van der Waals surface area contributed by atoms with Gasteiger partial charge >= 0.3 is 6.18 Å². The van der Waals surface area contributed by atoms with Gasteiger partial charge in [0.05, 0.1) is 5.92 Å². The first-order valence-corrected chi connectivity index (χ1v) is 2.60. The Kier molecular flexibility index (Phi) is 2.68. The Balaban J connectivity index is 3.85. The largest absolute Gasteiger partial charge is 0.550 e. The van der Waals surface area contributed by atoms with Crippen LogP contribution in [-0.4, -0.2) is 12.1 Å². The zero-order chi connectivity index (χ0) is 8.36. The molecule has 0 amide bonds. The fourth-order valence-electron chi connectivity index (χ4n) is 0.366. The Bertz CT molecular complexity index is 129. The highest BCUT2D eigenvalue weighted by molar-refractivity contribution is 5.64. The molecule has 60 valence electrons. The van der Waals surface area contributed by atoms with E-state index in [2.05, 4.69) is 0 Å². The molecule has 1 unspecified atom stereocenters. The Morgan fingerprint density at radius 2 is 2.00 bits per heavy atom. The standard InChI is InChI=1S/C5H7F3O2/c1-3(2-4(9)10)5(6,7)8/h3H,2H2,1H3,(H,9,10)/p-1. The number of aliphatic carboxylic acids is 1. The van der Waals surface area contributed by atoms with Gasteiger partial charge < -0.3 is 9.90 Å². The molecular weight excluding hydrogens is 149 g/mol. The molecule has 0 heterocycles. The third kappa shape index (κ3) is 3.32. The van der Waals surface area contributed by atoms with E-state index < -0.39 is 24.5 Å². The molecule has 0 aliphatic rings. The summed E-state index contributed by atoms with van der Waals surface area (Å²) in [4.78, 5) is 9.65. The summed E-state index contributed by atoms with van der Waals surface area (Å²) in [5.41, 5.74) is 0. The van der Waals surface area contributed by atoms with Crippen LogP contribution in [0.2, 0.25) is 0 Å². The molecule has 10 heavy (non-hydrogen) atoms. The predicted octanol–water partition coefficient (Wildman–Crippen LogP) is 0.325. The molecular formula is C5H6F3O2-. The highest BCUT2D eigenvalue weighted by Gasteiger charge is 2.35. The number of rotatable bonds is 2. The number of carbonyl (C=O) groups excluding carboxylic acids is 1. The van der Waals surface area contributed by atoms with Crippen molar-refractivity contribution in [2.24, 2.45) is 5.92 Å². The number of carboxylic acid groups (broad SMARTS) is 1. The van der Waals surface area contributed by atoms with Crippen LogP contribution in [0.25, 0.3) is 0 Å².